The zero-order chi connectivity index (χ0) is 16.0. The minimum atomic E-state index is -3.20. The highest BCUT2D eigenvalue weighted by atomic mass is 35.5. The fourth-order valence-electron chi connectivity index (χ4n) is 2.29. The molecular weight excluding hydrogens is 338 g/mol. The van der Waals surface area contributed by atoms with Crippen LogP contribution in [-0.2, 0) is 16.6 Å². The average Bonchev–Trinajstić information content (AvgIpc) is 2.82. The molecule has 1 amide bonds. The number of benzene rings is 1. The van der Waals surface area contributed by atoms with E-state index in [0.717, 1.165) is 38.2 Å². The molecule has 23 heavy (non-hydrogen) atoms. The number of nitrogens with zero attached hydrogens (tertiary/aromatic N) is 1. The quantitative estimate of drug-likeness (QED) is 0.819. The summed E-state index contributed by atoms with van der Waals surface area (Å²) in [7, 11) is -3.20. The SMILES string of the molecule is CCS(=O)(=O)NCc1ccc(C(=O)N2CCCNCC2)cc1.Cl. The van der Waals surface area contributed by atoms with Crippen molar-refractivity contribution >= 4 is 28.3 Å². The molecule has 0 aliphatic carbocycles. The van der Waals surface area contributed by atoms with Gasteiger partial charge in [0.25, 0.3) is 5.91 Å². The number of carbonyl (C=O) groups is 1. The van der Waals surface area contributed by atoms with Gasteiger partial charge in [0, 0.05) is 31.7 Å². The summed E-state index contributed by atoms with van der Waals surface area (Å²) in [5.74, 6) is 0.0939. The second kappa shape index (κ2) is 9.22. The average molecular weight is 362 g/mol. The summed E-state index contributed by atoms with van der Waals surface area (Å²) in [6.07, 6.45) is 0.961. The largest absolute Gasteiger partial charge is 0.337 e. The van der Waals surface area contributed by atoms with Crippen LogP contribution in [0, 0.1) is 0 Å². The number of sulfonamides is 1. The molecule has 6 nitrogen and oxygen atoms in total. The number of hydrogen-bond donors (Lipinski definition) is 2. The molecule has 1 fully saturated rings. The van der Waals surface area contributed by atoms with Crippen LogP contribution >= 0.6 is 12.4 Å². The Morgan fingerprint density at radius 3 is 2.57 bits per heavy atom. The van der Waals surface area contributed by atoms with Crippen LogP contribution in [-0.4, -0.2) is 51.2 Å². The minimum Gasteiger partial charge on any atom is -0.337 e. The van der Waals surface area contributed by atoms with E-state index in [0.29, 0.717) is 5.56 Å². The van der Waals surface area contributed by atoms with Gasteiger partial charge in [0.05, 0.1) is 5.75 Å². The zero-order valence-corrected chi connectivity index (χ0v) is 14.9. The van der Waals surface area contributed by atoms with E-state index in [1.54, 1.807) is 31.2 Å². The molecule has 1 aliphatic heterocycles. The van der Waals surface area contributed by atoms with Crippen molar-refractivity contribution in [3.63, 3.8) is 0 Å². The van der Waals surface area contributed by atoms with Crippen LogP contribution in [0.1, 0.15) is 29.3 Å². The number of amides is 1. The molecule has 8 heteroatoms. The molecule has 0 radical (unpaired) electrons. The molecule has 1 aromatic rings. The molecule has 1 aromatic carbocycles. The molecule has 0 saturated carbocycles. The highest BCUT2D eigenvalue weighted by Crippen LogP contribution is 2.09. The van der Waals surface area contributed by atoms with Gasteiger partial charge in [0.1, 0.15) is 0 Å². The van der Waals surface area contributed by atoms with E-state index in [9.17, 15) is 13.2 Å². The van der Waals surface area contributed by atoms with Gasteiger partial charge in [-0.3, -0.25) is 4.79 Å². The topological polar surface area (TPSA) is 78.5 Å². The normalized spacial score (nSPS) is 15.6. The molecule has 0 atom stereocenters. The molecule has 130 valence electrons. The van der Waals surface area contributed by atoms with E-state index in [4.69, 9.17) is 0 Å². The summed E-state index contributed by atoms with van der Waals surface area (Å²) in [6, 6.07) is 7.11. The van der Waals surface area contributed by atoms with Crippen molar-refractivity contribution in [2.45, 2.75) is 19.9 Å². The van der Waals surface area contributed by atoms with Gasteiger partial charge in [-0.25, -0.2) is 13.1 Å². The Labute approximate surface area is 144 Å². The van der Waals surface area contributed by atoms with Crippen LogP contribution in [0.3, 0.4) is 0 Å². The van der Waals surface area contributed by atoms with Crippen molar-refractivity contribution in [3.8, 4) is 0 Å². The van der Waals surface area contributed by atoms with Gasteiger partial charge in [-0.05, 0) is 37.6 Å². The summed E-state index contributed by atoms with van der Waals surface area (Å²) in [5, 5.41) is 3.27. The molecule has 1 heterocycles. The summed E-state index contributed by atoms with van der Waals surface area (Å²) < 4.78 is 25.3. The van der Waals surface area contributed by atoms with Gasteiger partial charge >= 0.3 is 0 Å². The second-order valence-electron chi connectivity index (χ2n) is 5.32. The van der Waals surface area contributed by atoms with Crippen LogP contribution in [0.15, 0.2) is 24.3 Å². The summed E-state index contributed by atoms with van der Waals surface area (Å²) >= 11 is 0. The van der Waals surface area contributed by atoms with Gasteiger partial charge in [-0.1, -0.05) is 12.1 Å². The van der Waals surface area contributed by atoms with Crippen LogP contribution in [0.25, 0.3) is 0 Å². The maximum atomic E-state index is 12.4. The molecule has 0 bridgehead atoms. The molecular formula is C15H24ClN3O3S. The molecule has 2 rings (SSSR count). The Kier molecular flexibility index (Phi) is 7.98. The Balaban J connectivity index is 0.00000264. The first-order valence-corrected chi connectivity index (χ1v) is 9.23. The van der Waals surface area contributed by atoms with Gasteiger partial charge in [-0.15, -0.1) is 12.4 Å². The Bertz CT molecular complexity index is 597. The molecule has 1 saturated heterocycles. The predicted molar refractivity (Wildman–Crippen MR) is 93.4 cm³/mol. The number of carbonyl (C=O) groups excluding carboxylic acids is 1. The van der Waals surface area contributed by atoms with E-state index in [-0.39, 0.29) is 30.6 Å². The Morgan fingerprint density at radius 1 is 1.22 bits per heavy atom. The standard InChI is InChI=1S/C15H23N3O3S.ClH/c1-2-22(20,21)17-12-13-4-6-14(7-5-13)15(19)18-10-3-8-16-9-11-18;/h4-7,16-17H,2-3,8-12H2,1H3;1H. The Morgan fingerprint density at radius 2 is 1.91 bits per heavy atom. The van der Waals surface area contributed by atoms with Gasteiger partial charge in [0.15, 0.2) is 0 Å². The summed E-state index contributed by atoms with van der Waals surface area (Å²) in [4.78, 5) is 14.3. The third-order valence-electron chi connectivity index (χ3n) is 3.70. The van der Waals surface area contributed by atoms with E-state index in [1.807, 2.05) is 4.90 Å². The van der Waals surface area contributed by atoms with Crippen LogP contribution in [0.5, 0.6) is 0 Å². The minimum absolute atomic E-state index is 0. The van der Waals surface area contributed by atoms with E-state index >= 15 is 0 Å². The van der Waals surface area contributed by atoms with Crippen molar-refractivity contribution < 1.29 is 13.2 Å². The van der Waals surface area contributed by atoms with Crippen molar-refractivity contribution in [1.82, 2.24) is 14.9 Å². The molecule has 0 spiro atoms. The summed E-state index contributed by atoms with van der Waals surface area (Å²) in [5.41, 5.74) is 1.48. The van der Waals surface area contributed by atoms with Gasteiger partial charge < -0.3 is 10.2 Å². The molecule has 0 unspecified atom stereocenters. The fraction of sp³-hybridized carbons (Fsp3) is 0.533. The monoisotopic (exact) mass is 361 g/mol. The smallest absolute Gasteiger partial charge is 0.253 e. The lowest BCUT2D eigenvalue weighted by Gasteiger charge is -2.20. The number of halogens is 1. The first kappa shape index (κ1) is 19.9. The van der Waals surface area contributed by atoms with E-state index < -0.39 is 10.0 Å². The Hall–Kier alpha value is -1.15. The van der Waals surface area contributed by atoms with Crippen molar-refractivity contribution in [1.29, 1.82) is 0 Å². The highest BCUT2D eigenvalue weighted by molar-refractivity contribution is 7.89. The lowest BCUT2D eigenvalue weighted by Crippen LogP contribution is -2.34. The highest BCUT2D eigenvalue weighted by Gasteiger charge is 2.16. The maximum absolute atomic E-state index is 12.4. The lowest BCUT2D eigenvalue weighted by molar-refractivity contribution is 0.0766. The van der Waals surface area contributed by atoms with Crippen LogP contribution in [0.2, 0.25) is 0 Å². The fourth-order valence-corrected chi connectivity index (χ4v) is 2.88. The third kappa shape index (κ3) is 6.10. The van der Waals surface area contributed by atoms with Gasteiger partial charge in [-0.2, -0.15) is 0 Å². The number of nitrogens with one attached hydrogen (secondary N) is 2. The summed E-state index contributed by atoms with van der Waals surface area (Å²) in [6.45, 7) is 5.10. The van der Waals surface area contributed by atoms with Crippen molar-refractivity contribution in [3.05, 3.63) is 35.4 Å². The molecule has 2 N–H and O–H groups in total. The number of hydrogen-bond acceptors (Lipinski definition) is 4. The third-order valence-corrected chi connectivity index (χ3v) is 5.05. The second-order valence-corrected chi connectivity index (χ2v) is 7.41. The van der Waals surface area contributed by atoms with Crippen LogP contribution in [0.4, 0.5) is 0 Å². The predicted octanol–water partition coefficient (Wildman–Crippen LogP) is 0.983. The van der Waals surface area contributed by atoms with E-state index in [1.165, 1.54) is 0 Å². The zero-order valence-electron chi connectivity index (χ0n) is 13.2. The molecule has 0 aromatic heterocycles. The first-order valence-electron chi connectivity index (χ1n) is 7.58. The van der Waals surface area contributed by atoms with Crippen molar-refractivity contribution in [2.24, 2.45) is 0 Å². The maximum Gasteiger partial charge on any atom is 0.253 e. The first-order chi connectivity index (χ1) is 10.5. The lowest BCUT2D eigenvalue weighted by atomic mass is 10.1. The van der Waals surface area contributed by atoms with Gasteiger partial charge in [0.2, 0.25) is 10.0 Å². The van der Waals surface area contributed by atoms with E-state index in [2.05, 4.69) is 10.0 Å². The van der Waals surface area contributed by atoms with Crippen molar-refractivity contribution in [2.75, 3.05) is 31.9 Å². The van der Waals surface area contributed by atoms with Crippen LogP contribution < -0.4 is 10.0 Å². The number of rotatable bonds is 5. The molecule has 1 aliphatic rings.